The van der Waals surface area contributed by atoms with Crippen molar-refractivity contribution in [3.05, 3.63) is 29.8 Å². The quantitative estimate of drug-likeness (QED) is 0.771. The van der Waals surface area contributed by atoms with Crippen molar-refractivity contribution in [1.29, 1.82) is 0 Å². The van der Waals surface area contributed by atoms with Gasteiger partial charge in [0.15, 0.2) is 0 Å². The summed E-state index contributed by atoms with van der Waals surface area (Å²) in [5, 5.41) is 0. The van der Waals surface area contributed by atoms with E-state index < -0.39 is 0 Å². The smallest absolute Gasteiger partial charge is 0.119 e. The molecule has 0 spiro atoms. The zero-order chi connectivity index (χ0) is 13.5. The average Bonchev–Trinajstić information content (AvgIpc) is 2.46. The molecule has 3 atom stereocenters. The number of rotatable bonds is 2. The Balaban J connectivity index is 1.99. The molecule has 1 saturated carbocycles. The Kier molecular flexibility index (Phi) is 3.61. The molecule has 2 fully saturated rings. The Labute approximate surface area is 124 Å². The van der Waals surface area contributed by atoms with Gasteiger partial charge in [-0.25, -0.2) is 0 Å². The first-order chi connectivity index (χ1) is 9.15. The van der Waals surface area contributed by atoms with Gasteiger partial charge in [0.1, 0.15) is 5.75 Å². The first-order valence-corrected chi connectivity index (χ1v) is 8.06. The molecule has 2 aliphatic rings. The van der Waals surface area contributed by atoms with Crippen LogP contribution < -0.4 is 4.74 Å². The lowest BCUT2D eigenvalue weighted by atomic mass is 9.63. The van der Waals surface area contributed by atoms with Gasteiger partial charge >= 0.3 is 0 Å². The van der Waals surface area contributed by atoms with Crippen LogP contribution in [0.4, 0.5) is 0 Å². The number of hydrogen-bond donors (Lipinski definition) is 0. The van der Waals surface area contributed by atoms with Gasteiger partial charge in [-0.3, -0.25) is 0 Å². The molecule has 0 amide bonds. The largest absolute Gasteiger partial charge is 0.497 e. The average molecular weight is 324 g/mol. The third-order valence-electron chi connectivity index (χ3n) is 5.08. The van der Waals surface area contributed by atoms with Gasteiger partial charge in [0.25, 0.3) is 0 Å². The molecule has 0 unspecified atom stereocenters. The van der Waals surface area contributed by atoms with Crippen LogP contribution in [-0.2, 0) is 5.41 Å². The van der Waals surface area contributed by atoms with Gasteiger partial charge in [-0.2, -0.15) is 0 Å². The molecule has 0 N–H and O–H groups in total. The van der Waals surface area contributed by atoms with Crippen molar-refractivity contribution in [1.82, 2.24) is 4.90 Å². The number of ether oxygens (including phenoxy) is 1. The fourth-order valence-electron chi connectivity index (χ4n) is 3.89. The Hall–Kier alpha value is -0.540. The summed E-state index contributed by atoms with van der Waals surface area (Å²) < 4.78 is 5.41. The maximum absolute atomic E-state index is 5.41. The summed E-state index contributed by atoms with van der Waals surface area (Å²) in [5.74, 6) is 0.979. The second-order valence-electron chi connectivity index (χ2n) is 6.05. The summed E-state index contributed by atoms with van der Waals surface area (Å²) in [6.07, 6.45) is 5.24. The second-order valence-corrected chi connectivity index (χ2v) is 7.15. The van der Waals surface area contributed by atoms with E-state index in [4.69, 9.17) is 4.74 Å². The van der Waals surface area contributed by atoms with E-state index in [1.54, 1.807) is 7.11 Å². The molecule has 0 radical (unpaired) electrons. The number of likely N-dealkylation sites (tertiary alicyclic amines) is 1. The number of alkyl halides is 1. The molecule has 3 rings (SSSR count). The molecule has 1 heterocycles. The zero-order valence-electron chi connectivity index (χ0n) is 11.7. The van der Waals surface area contributed by atoms with Crippen molar-refractivity contribution in [2.75, 3.05) is 20.7 Å². The predicted molar refractivity (Wildman–Crippen MR) is 82.3 cm³/mol. The van der Waals surface area contributed by atoms with E-state index in [1.807, 2.05) is 6.07 Å². The normalized spacial score (nSPS) is 35.1. The van der Waals surface area contributed by atoms with Gasteiger partial charge < -0.3 is 9.64 Å². The van der Waals surface area contributed by atoms with Gasteiger partial charge in [0.2, 0.25) is 0 Å². The molecule has 1 saturated heterocycles. The van der Waals surface area contributed by atoms with Crippen LogP contribution in [-0.4, -0.2) is 36.5 Å². The van der Waals surface area contributed by atoms with E-state index in [-0.39, 0.29) is 0 Å². The minimum absolute atomic E-state index is 0.296. The molecule has 1 aliphatic carbocycles. The Morgan fingerprint density at radius 3 is 3.05 bits per heavy atom. The van der Waals surface area contributed by atoms with Gasteiger partial charge in [0, 0.05) is 22.8 Å². The molecule has 2 nitrogen and oxygen atoms in total. The number of fused-ring (bicyclic) bond motifs is 2. The molecule has 1 aliphatic heterocycles. The number of nitrogens with zero attached hydrogens (tertiary/aromatic N) is 1. The SMILES string of the molecule is COc1cccc([C@@]23CCC[C@@H](C2)N(C)C[C@@H]3Br)c1. The van der Waals surface area contributed by atoms with E-state index >= 15 is 0 Å². The summed E-state index contributed by atoms with van der Waals surface area (Å²) >= 11 is 3.97. The highest BCUT2D eigenvalue weighted by atomic mass is 79.9. The van der Waals surface area contributed by atoms with E-state index in [0.717, 1.165) is 18.3 Å². The molecular formula is C16H22BrNO. The predicted octanol–water partition coefficient (Wildman–Crippen LogP) is 3.58. The summed E-state index contributed by atoms with van der Waals surface area (Å²) in [4.78, 5) is 3.06. The highest BCUT2D eigenvalue weighted by Gasteiger charge is 2.48. The summed E-state index contributed by atoms with van der Waals surface area (Å²) in [6.45, 7) is 1.14. The van der Waals surface area contributed by atoms with Crippen LogP contribution in [0.25, 0.3) is 0 Å². The maximum atomic E-state index is 5.41. The molecular weight excluding hydrogens is 302 g/mol. The van der Waals surface area contributed by atoms with Crippen LogP contribution in [0.2, 0.25) is 0 Å². The van der Waals surface area contributed by atoms with Crippen molar-refractivity contribution in [2.45, 2.75) is 42.0 Å². The van der Waals surface area contributed by atoms with Crippen LogP contribution in [0.15, 0.2) is 24.3 Å². The highest BCUT2D eigenvalue weighted by Crippen LogP contribution is 2.49. The lowest BCUT2D eigenvalue weighted by Crippen LogP contribution is -2.56. The molecule has 1 aromatic rings. The van der Waals surface area contributed by atoms with E-state index in [2.05, 4.69) is 46.1 Å². The molecule has 104 valence electrons. The minimum Gasteiger partial charge on any atom is -0.497 e. The van der Waals surface area contributed by atoms with Gasteiger partial charge in [-0.15, -0.1) is 0 Å². The van der Waals surface area contributed by atoms with Gasteiger partial charge in [0.05, 0.1) is 7.11 Å². The third-order valence-corrected chi connectivity index (χ3v) is 6.24. The summed E-state index contributed by atoms with van der Waals surface area (Å²) in [5.41, 5.74) is 1.75. The van der Waals surface area contributed by atoms with Crippen molar-refractivity contribution >= 4 is 15.9 Å². The van der Waals surface area contributed by atoms with Crippen molar-refractivity contribution < 1.29 is 4.74 Å². The van der Waals surface area contributed by atoms with Crippen LogP contribution in [0, 0.1) is 0 Å². The second kappa shape index (κ2) is 5.10. The Bertz CT molecular complexity index is 464. The monoisotopic (exact) mass is 323 g/mol. The zero-order valence-corrected chi connectivity index (χ0v) is 13.3. The Morgan fingerprint density at radius 1 is 1.42 bits per heavy atom. The number of halogens is 1. The van der Waals surface area contributed by atoms with E-state index in [9.17, 15) is 0 Å². The van der Waals surface area contributed by atoms with Crippen molar-refractivity contribution in [3.8, 4) is 5.75 Å². The van der Waals surface area contributed by atoms with Gasteiger partial charge in [-0.1, -0.05) is 34.5 Å². The maximum Gasteiger partial charge on any atom is 0.119 e. The molecule has 1 aromatic carbocycles. The first kappa shape index (κ1) is 13.4. The number of benzene rings is 1. The lowest BCUT2D eigenvalue weighted by Gasteiger charge is -2.52. The summed E-state index contributed by atoms with van der Waals surface area (Å²) in [6, 6.07) is 9.43. The molecule has 2 bridgehead atoms. The van der Waals surface area contributed by atoms with Crippen LogP contribution in [0.3, 0.4) is 0 Å². The fourth-order valence-corrected chi connectivity index (χ4v) is 5.03. The van der Waals surface area contributed by atoms with Crippen molar-refractivity contribution in [2.24, 2.45) is 0 Å². The topological polar surface area (TPSA) is 12.5 Å². The molecule has 3 heteroatoms. The van der Waals surface area contributed by atoms with E-state index in [0.29, 0.717) is 10.2 Å². The standard InChI is InChI=1S/C16H22BrNO/c1-18-11-15(17)16(8-4-6-13(18)10-16)12-5-3-7-14(9-12)19-2/h3,5,7,9,13,15H,4,6,8,10-11H2,1-2H3/t13-,15-,16+/m0/s1. The number of piperidine rings is 1. The van der Waals surface area contributed by atoms with Crippen LogP contribution in [0.5, 0.6) is 5.75 Å². The van der Waals surface area contributed by atoms with Crippen LogP contribution >= 0.6 is 15.9 Å². The van der Waals surface area contributed by atoms with E-state index in [1.165, 1.54) is 31.2 Å². The highest BCUT2D eigenvalue weighted by molar-refractivity contribution is 9.09. The lowest BCUT2D eigenvalue weighted by molar-refractivity contribution is 0.0800. The number of hydrogen-bond acceptors (Lipinski definition) is 2. The molecule has 19 heavy (non-hydrogen) atoms. The van der Waals surface area contributed by atoms with Crippen LogP contribution in [0.1, 0.15) is 31.2 Å². The first-order valence-electron chi connectivity index (χ1n) is 7.14. The number of methoxy groups -OCH3 is 1. The fraction of sp³-hybridized carbons (Fsp3) is 0.625. The third kappa shape index (κ3) is 2.21. The molecule has 0 aromatic heterocycles. The minimum atomic E-state index is 0.296. The van der Waals surface area contributed by atoms with Crippen molar-refractivity contribution in [3.63, 3.8) is 0 Å². The Morgan fingerprint density at radius 2 is 2.26 bits per heavy atom. The summed E-state index contributed by atoms with van der Waals surface area (Å²) in [7, 11) is 4.01. The van der Waals surface area contributed by atoms with Gasteiger partial charge in [-0.05, 0) is 44.0 Å².